The zero-order chi connectivity index (χ0) is 15.3. The predicted molar refractivity (Wildman–Crippen MR) is 88.2 cm³/mol. The third-order valence-electron chi connectivity index (χ3n) is 4.12. The van der Waals surface area contributed by atoms with Gasteiger partial charge in [0.2, 0.25) is 0 Å². The molecule has 0 aliphatic rings. The fourth-order valence-electron chi connectivity index (χ4n) is 2.98. The number of nitrogens with two attached hydrogens (primary N) is 1. The molecule has 0 fully saturated rings. The molecule has 0 saturated carbocycles. The van der Waals surface area contributed by atoms with Gasteiger partial charge in [0.25, 0.3) is 0 Å². The molecule has 1 heterocycles. The SMILES string of the molecule is CCCC(N)(Cc1cc(CC)nn1CC)c1ccccc1. The Morgan fingerprint density at radius 2 is 1.86 bits per heavy atom. The lowest BCUT2D eigenvalue weighted by Crippen LogP contribution is -2.39. The van der Waals surface area contributed by atoms with Crippen LogP contribution in [0.4, 0.5) is 0 Å². The molecule has 0 aliphatic carbocycles. The van der Waals surface area contributed by atoms with Crippen molar-refractivity contribution in [1.82, 2.24) is 9.78 Å². The zero-order valence-electron chi connectivity index (χ0n) is 13.5. The molecule has 0 aliphatic heterocycles. The first-order chi connectivity index (χ1) is 10.1. The summed E-state index contributed by atoms with van der Waals surface area (Å²) in [6.07, 6.45) is 3.86. The first-order valence-corrected chi connectivity index (χ1v) is 8.03. The number of nitrogens with zero attached hydrogens (tertiary/aromatic N) is 2. The predicted octanol–water partition coefficient (Wildman–Crippen LogP) is 3.66. The van der Waals surface area contributed by atoms with Gasteiger partial charge in [0.05, 0.1) is 5.69 Å². The van der Waals surface area contributed by atoms with Crippen molar-refractivity contribution in [3.8, 4) is 0 Å². The Balaban J connectivity index is 2.34. The molecular weight excluding hydrogens is 258 g/mol. The maximum Gasteiger partial charge on any atom is 0.0624 e. The molecule has 3 heteroatoms. The van der Waals surface area contributed by atoms with Gasteiger partial charge < -0.3 is 5.73 Å². The fraction of sp³-hybridized carbons (Fsp3) is 0.500. The molecule has 2 N–H and O–H groups in total. The van der Waals surface area contributed by atoms with Crippen molar-refractivity contribution in [1.29, 1.82) is 0 Å². The molecule has 114 valence electrons. The first kappa shape index (κ1) is 15.8. The Kier molecular flexibility index (Phi) is 5.18. The number of hydrogen-bond donors (Lipinski definition) is 1. The molecule has 0 spiro atoms. The van der Waals surface area contributed by atoms with E-state index in [1.165, 1.54) is 11.3 Å². The third-order valence-corrected chi connectivity index (χ3v) is 4.12. The summed E-state index contributed by atoms with van der Waals surface area (Å²) in [4.78, 5) is 0. The summed E-state index contributed by atoms with van der Waals surface area (Å²) in [5.74, 6) is 0. The van der Waals surface area contributed by atoms with Crippen LogP contribution in [0.25, 0.3) is 0 Å². The van der Waals surface area contributed by atoms with Gasteiger partial charge >= 0.3 is 0 Å². The van der Waals surface area contributed by atoms with E-state index in [0.29, 0.717) is 0 Å². The number of hydrogen-bond acceptors (Lipinski definition) is 2. The van der Waals surface area contributed by atoms with Gasteiger partial charge in [-0.3, -0.25) is 4.68 Å². The first-order valence-electron chi connectivity index (χ1n) is 8.03. The molecule has 1 aromatic heterocycles. The van der Waals surface area contributed by atoms with Crippen LogP contribution in [-0.2, 0) is 24.9 Å². The number of aromatic nitrogens is 2. The van der Waals surface area contributed by atoms with Crippen LogP contribution in [-0.4, -0.2) is 9.78 Å². The average molecular weight is 285 g/mol. The standard InChI is InChI=1S/C18H27N3/c1-4-12-18(19,15-10-8-7-9-11-15)14-17-13-16(5-2)20-21(17)6-3/h7-11,13H,4-6,12,14,19H2,1-3H3. The topological polar surface area (TPSA) is 43.8 Å². The van der Waals surface area contributed by atoms with E-state index in [1.54, 1.807) is 0 Å². The van der Waals surface area contributed by atoms with E-state index in [9.17, 15) is 0 Å². The quantitative estimate of drug-likeness (QED) is 0.843. The van der Waals surface area contributed by atoms with Gasteiger partial charge in [0, 0.05) is 24.2 Å². The molecule has 1 aromatic carbocycles. The van der Waals surface area contributed by atoms with Gasteiger partial charge in [-0.2, -0.15) is 5.10 Å². The summed E-state index contributed by atoms with van der Waals surface area (Å²) in [6, 6.07) is 12.7. The maximum absolute atomic E-state index is 6.80. The third kappa shape index (κ3) is 3.53. The highest BCUT2D eigenvalue weighted by Gasteiger charge is 2.28. The molecule has 21 heavy (non-hydrogen) atoms. The van der Waals surface area contributed by atoms with Crippen LogP contribution in [0.5, 0.6) is 0 Å². The summed E-state index contributed by atoms with van der Waals surface area (Å²) in [7, 11) is 0. The molecule has 1 unspecified atom stereocenters. The Bertz CT molecular complexity index is 559. The minimum absolute atomic E-state index is 0.312. The normalized spacial score (nSPS) is 14.1. The van der Waals surface area contributed by atoms with Crippen molar-refractivity contribution in [2.75, 3.05) is 0 Å². The van der Waals surface area contributed by atoms with E-state index in [-0.39, 0.29) is 5.54 Å². The Hall–Kier alpha value is -1.61. The van der Waals surface area contributed by atoms with Crippen LogP contribution in [0.1, 0.15) is 50.6 Å². The lowest BCUT2D eigenvalue weighted by Gasteiger charge is -2.30. The lowest BCUT2D eigenvalue weighted by molar-refractivity contribution is 0.387. The van der Waals surface area contributed by atoms with Crippen molar-refractivity contribution >= 4 is 0 Å². The van der Waals surface area contributed by atoms with Crippen LogP contribution in [0.2, 0.25) is 0 Å². The maximum atomic E-state index is 6.80. The lowest BCUT2D eigenvalue weighted by atomic mass is 9.82. The van der Waals surface area contributed by atoms with E-state index in [2.05, 4.69) is 60.9 Å². The van der Waals surface area contributed by atoms with E-state index < -0.39 is 0 Å². The summed E-state index contributed by atoms with van der Waals surface area (Å²) in [5, 5.41) is 4.65. The Morgan fingerprint density at radius 3 is 2.43 bits per heavy atom. The largest absolute Gasteiger partial charge is 0.321 e. The van der Waals surface area contributed by atoms with E-state index in [1.807, 2.05) is 6.07 Å². The van der Waals surface area contributed by atoms with Crippen molar-refractivity contribution in [2.45, 2.75) is 58.5 Å². The number of benzene rings is 1. The summed E-state index contributed by atoms with van der Waals surface area (Å²) < 4.78 is 2.10. The smallest absolute Gasteiger partial charge is 0.0624 e. The highest BCUT2D eigenvalue weighted by Crippen LogP contribution is 2.28. The summed E-state index contributed by atoms with van der Waals surface area (Å²) in [6.45, 7) is 7.37. The second-order valence-corrected chi connectivity index (χ2v) is 5.75. The van der Waals surface area contributed by atoms with Crippen molar-refractivity contribution in [3.05, 3.63) is 53.3 Å². The average Bonchev–Trinajstić information content (AvgIpc) is 2.90. The van der Waals surface area contributed by atoms with Crippen LogP contribution < -0.4 is 5.73 Å². The van der Waals surface area contributed by atoms with Crippen molar-refractivity contribution in [3.63, 3.8) is 0 Å². The minimum Gasteiger partial charge on any atom is -0.321 e. The van der Waals surface area contributed by atoms with Crippen LogP contribution in [0, 0.1) is 0 Å². The Morgan fingerprint density at radius 1 is 1.14 bits per heavy atom. The Labute approximate surface area is 128 Å². The number of aryl methyl sites for hydroxylation is 2. The van der Waals surface area contributed by atoms with E-state index in [0.717, 1.165) is 37.9 Å². The van der Waals surface area contributed by atoms with Gasteiger partial charge in [-0.1, -0.05) is 50.6 Å². The van der Waals surface area contributed by atoms with Gasteiger partial charge in [0.15, 0.2) is 0 Å². The molecule has 0 radical (unpaired) electrons. The minimum atomic E-state index is -0.312. The van der Waals surface area contributed by atoms with E-state index >= 15 is 0 Å². The number of rotatable bonds is 7. The highest BCUT2D eigenvalue weighted by atomic mass is 15.3. The van der Waals surface area contributed by atoms with Gasteiger partial charge in [-0.25, -0.2) is 0 Å². The summed E-state index contributed by atoms with van der Waals surface area (Å²) >= 11 is 0. The summed E-state index contributed by atoms with van der Waals surface area (Å²) in [5.41, 5.74) is 10.1. The molecule has 0 bridgehead atoms. The molecule has 0 saturated heterocycles. The van der Waals surface area contributed by atoms with Crippen LogP contribution >= 0.6 is 0 Å². The second kappa shape index (κ2) is 6.90. The van der Waals surface area contributed by atoms with Crippen molar-refractivity contribution in [2.24, 2.45) is 5.73 Å². The molecule has 0 amide bonds. The van der Waals surface area contributed by atoms with Crippen LogP contribution in [0.3, 0.4) is 0 Å². The second-order valence-electron chi connectivity index (χ2n) is 5.75. The van der Waals surface area contributed by atoms with Crippen LogP contribution in [0.15, 0.2) is 36.4 Å². The zero-order valence-corrected chi connectivity index (χ0v) is 13.5. The van der Waals surface area contributed by atoms with Gasteiger partial charge in [0.1, 0.15) is 0 Å². The molecule has 2 aromatic rings. The fourth-order valence-corrected chi connectivity index (χ4v) is 2.98. The molecule has 2 rings (SSSR count). The monoisotopic (exact) mass is 285 g/mol. The van der Waals surface area contributed by atoms with Crippen molar-refractivity contribution < 1.29 is 0 Å². The van der Waals surface area contributed by atoms with Gasteiger partial charge in [-0.15, -0.1) is 0 Å². The molecule has 1 atom stereocenters. The van der Waals surface area contributed by atoms with E-state index in [4.69, 9.17) is 5.73 Å². The van der Waals surface area contributed by atoms with Gasteiger partial charge in [-0.05, 0) is 31.4 Å². The molecule has 3 nitrogen and oxygen atoms in total. The molecular formula is C18H27N3. The highest BCUT2D eigenvalue weighted by molar-refractivity contribution is 5.27.